The van der Waals surface area contributed by atoms with Gasteiger partial charge in [-0.2, -0.15) is 0 Å². The van der Waals surface area contributed by atoms with E-state index >= 15 is 0 Å². The van der Waals surface area contributed by atoms with Gasteiger partial charge in [0.2, 0.25) is 0 Å². The molecule has 3 nitrogen and oxygen atoms in total. The monoisotopic (exact) mass is 288 g/mol. The summed E-state index contributed by atoms with van der Waals surface area (Å²) in [4.78, 5) is 2.16. The third-order valence-corrected chi connectivity index (χ3v) is 3.78. The number of benzene rings is 2. The maximum absolute atomic E-state index is 6.19. The lowest BCUT2D eigenvalue weighted by Crippen LogP contribution is -2.16. The number of nitrogens with two attached hydrogens (primary N) is 1. The molecule has 0 aliphatic carbocycles. The van der Waals surface area contributed by atoms with Gasteiger partial charge in [0.05, 0.1) is 6.61 Å². The van der Waals surface area contributed by atoms with E-state index in [1.807, 2.05) is 43.4 Å². The van der Waals surface area contributed by atoms with Gasteiger partial charge >= 0.3 is 0 Å². The van der Waals surface area contributed by atoms with Gasteiger partial charge in [-0.25, -0.2) is 0 Å². The highest BCUT2D eigenvalue weighted by molar-refractivity contribution is 6.30. The molecule has 1 heterocycles. The summed E-state index contributed by atoms with van der Waals surface area (Å²) in [5, 5.41) is 0.773. The summed E-state index contributed by atoms with van der Waals surface area (Å²) in [7, 11) is 2.05. The van der Waals surface area contributed by atoms with Gasteiger partial charge in [0.25, 0.3) is 0 Å². The Balaban J connectivity index is 1.86. The molecule has 0 spiro atoms. The predicted molar refractivity (Wildman–Crippen MR) is 83.6 cm³/mol. The molecule has 4 heteroatoms. The molecule has 0 saturated heterocycles. The minimum Gasteiger partial charge on any atom is -0.493 e. The van der Waals surface area contributed by atoms with Gasteiger partial charge in [-0.1, -0.05) is 11.6 Å². The average molecular weight is 289 g/mol. The first-order valence-electron chi connectivity index (χ1n) is 6.64. The Morgan fingerprint density at radius 1 is 1.25 bits per heavy atom. The van der Waals surface area contributed by atoms with Gasteiger partial charge < -0.3 is 15.4 Å². The molecule has 1 aliphatic heterocycles. The van der Waals surface area contributed by atoms with Crippen molar-refractivity contribution in [3.63, 3.8) is 0 Å². The van der Waals surface area contributed by atoms with Crippen LogP contribution in [0.5, 0.6) is 5.75 Å². The Labute approximate surface area is 123 Å². The number of anilines is 2. The number of hydrogen-bond acceptors (Lipinski definition) is 3. The van der Waals surface area contributed by atoms with Crippen LogP contribution in [0.15, 0.2) is 36.4 Å². The van der Waals surface area contributed by atoms with E-state index in [9.17, 15) is 0 Å². The van der Waals surface area contributed by atoms with E-state index in [0.717, 1.165) is 47.3 Å². The molecule has 2 N–H and O–H groups in total. The number of nitrogen functional groups attached to an aromatic ring is 1. The van der Waals surface area contributed by atoms with Gasteiger partial charge in [0, 0.05) is 42.0 Å². The van der Waals surface area contributed by atoms with Crippen LogP contribution in [-0.4, -0.2) is 13.7 Å². The lowest BCUT2D eigenvalue weighted by Gasteiger charge is -2.21. The summed E-state index contributed by atoms with van der Waals surface area (Å²) in [5.41, 5.74) is 9.94. The maximum Gasteiger partial charge on any atom is 0.127 e. The first-order chi connectivity index (χ1) is 9.63. The van der Waals surface area contributed by atoms with Gasteiger partial charge in [0.15, 0.2) is 0 Å². The number of halogens is 1. The van der Waals surface area contributed by atoms with Crippen molar-refractivity contribution in [2.75, 3.05) is 24.3 Å². The van der Waals surface area contributed by atoms with Crippen molar-refractivity contribution in [1.82, 2.24) is 0 Å². The zero-order chi connectivity index (χ0) is 14.1. The molecule has 104 valence electrons. The molecule has 20 heavy (non-hydrogen) atoms. The molecular formula is C16H17ClN2O. The third-order valence-electron chi connectivity index (χ3n) is 3.57. The molecule has 3 rings (SSSR count). The highest BCUT2D eigenvalue weighted by Gasteiger charge is 2.18. The van der Waals surface area contributed by atoms with Crippen LogP contribution < -0.4 is 15.4 Å². The summed E-state index contributed by atoms with van der Waals surface area (Å²) in [6, 6.07) is 11.8. The largest absolute Gasteiger partial charge is 0.493 e. The summed E-state index contributed by atoms with van der Waals surface area (Å²) in [6.07, 6.45) is 0.939. The van der Waals surface area contributed by atoms with Gasteiger partial charge in [0.1, 0.15) is 5.75 Å². The molecule has 2 aromatic carbocycles. The second-order valence-corrected chi connectivity index (χ2v) is 5.54. The van der Waals surface area contributed by atoms with Crippen LogP contribution in [0.3, 0.4) is 0 Å². The Hall–Kier alpha value is -1.87. The summed E-state index contributed by atoms with van der Waals surface area (Å²) in [6.45, 7) is 1.50. The Morgan fingerprint density at radius 3 is 2.75 bits per heavy atom. The lowest BCUT2D eigenvalue weighted by molar-refractivity contribution is 0.353. The van der Waals surface area contributed by atoms with Crippen molar-refractivity contribution in [3.05, 3.63) is 52.5 Å². The van der Waals surface area contributed by atoms with Crippen molar-refractivity contribution in [2.45, 2.75) is 13.0 Å². The van der Waals surface area contributed by atoms with Crippen molar-refractivity contribution < 1.29 is 4.74 Å². The van der Waals surface area contributed by atoms with Crippen molar-refractivity contribution in [1.29, 1.82) is 0 Å². The molecule has 2 aromatic rings. The van der Waals surface area contributed by atoms with Crippen LogP contribution in [0, 0.1) is 0 Å². The van der Waals surface area contributed by atoms with Crippen LogP contribution in [0.4, 0.5) is 11.4 Å². The quantitative estimate of drug-likeness (QED) is 0.879. The number of fused-ring (bicyclic) bond motifs is 1. The van der Waals surface area contributed by atoms with E-state index in [2.05, 4.69) is 4.90 Å². The fourth-order valence-corrected chi connectivity index (χ4v) is 2.80. The minimum atomic E-state index is 0.744. The molecule has 0 unspecified atom stereocenters. The Morgan fingerprint density at radius 2 is 2.00 bits per heavy atom. The summed E-state index contributed by atoms with van der Waals surface area (Å²) < 4.78 is 5.74. The SMILES string of the molecule is CN(Cc1cc(Cl)cc2c1OCC2)c1ccc(N)cc1. The van der Waals surface area contributed by atoms with Crippen molar-refractivity contribution >= 4 is 23.0 Å². The zero-order valence-electron chi connectivity index (χ0n) is 11.4. The number of rotatable bonds is 3. The molecule has 0 atom stereocenters. The van der Waals surface area contributed by atoms with Crippen LogP contribution in [-0.2, 0) is 13.0 Å². The molecule has 0 saturated carbocycles. The normalized spacial score (nSPS) is 12.9. The molecule has 0 aromatic heterocycles. The van der Waals surface area contributed by atoms with Crippen LogP contribution in [0.2, 0.25) is 5.02 Å². The highest BCUT2D eigenvalue weighted by Crippen LogP contribution is 2.34. The minimum absolute atomic E-state index is 0.744. The smallest absolute Gasteiger partial charge is 0.127 e. The second-order valence-electron chi connectivity index (χ2n) is 5.10. The molecule has 0 bridgehead atoms. The zero-order valence-corrected chi connectivity index (χ0v) is 12.2. The van der Waals surface area contributed by atoms with E-state index in [4.69, 9.17) is 22.1 Å². The lowest BCUT2D eigenvalue weighted by atomic mass is 10.1. The molecule has 0 fully saturated rings. The molecule has 1 aliphatic rings. The van der Waals surface area contributed by atoms with Gasteiger partial charge in [-0.15, -0.1) is 0 Å². The first-order valence-corrected chi connectivity index (χ1v) is 7.02. The van der Waals surface area contributed by atoms with E-state index in [1.165, 1.54) is 5.56 Å². The molecular weight excluding hydrogens is 272 g/mol. The average Bonchev–Trinajstić information content (AvgIpc) is 2.87. The second kappa shape index (κ2) is 5.25. The summed E-state index contributed by atoms with van der Waals surface area (Å²) >= 11 is 6.19. The maximum atomic E-state index is 6.19. The van der Waals surface area contributed by atoms with Crippen molar-refractivity contribution in [2.24, 2.45) is 0 Å². The van der Waals surface area contributed by atoms with Gasteiger partial charge in [-0.3, -0.25) is 0 Å². The molecule has 0 radical (unpaired) electrons. The van der Waals surface area contributed by atoms with E-state index in [0.29, 0.717) is 0 Å². The fraction of sp³-hybridized carbons (Fsp3) is 0.250. The molecule has 0 amide bonds. The fourth-order valence-electron chi connectivity index (χ4n) is 2.54. The van der Waals surface area contributed by atoms with Crippen LogP contribution in [0.25, 0.3) is 0 Å². The van der Waals surface area contributed by atoms with Crippen molar-refractivity contribution in [3.8, 4) is 5.75 Å². The Kier molecular flexibility index (Phi) is 3.45. The first kappa shape index (κ1) is 13.1. The van der Waals surface area contributed by atoms with E-state index in [1.54, 1.807) is 0 Å². The third kappa shape index (κ3) is 2.54. The van der Waals surface area contributed by atoms with E-state index in [-0.39, 0.29) is 0 Å². The predicted octanol–water partition coefficient (Wildman–Crippen LogP) is 3.49. The van der Waals surface area contributed by atoms with Gasteiger partial charge in [-0.05, 0) is 42.0 Å². The Bertz CT molecular complexity index is 625. The van der Waals surface area contributed by atoms with Crippen LogP contribution in [0.1, 0.15) is 11.1 Å². The highest BCUT2D eigenvalue weighted by atomic mass is 35.5. The van der Waals surface area contributed by atoms with Crippen LogP contribution >= 0.6 is 11.6 Å². The number of ether oxygens (including phenoxy) is 1. The van der Waals surface area contributed by atoms with E-state index < -0.39 is 0 Å². The summed E-state index contributed by atoms with van der Waals surface area (Å²) in [5.74, 6) is 0.997. The topological polar surface area (TPSA) is 38.5 Å². The number of hydrogen-bond donors (Lipinski definition) is 1. The number of nitrogens with zero attached hydrogens (tertiary/aromatic N) is 1. The standard InChI is InChI=1S/C16H17ClN2O/c1-19(15-4-2-14(18)3-5-15)10-12-9-13(17)8-11-6-7-20-16(11)12/h2-5,8-9H,6-7,10,18H2,1H3.